The molecule has 3 unspecified atom stereocenters. The largest absolute Gasteiger partial charge is 0.376 e. The van der Waals surface area contributed by atoms with Gasteiger partial charge in [0.1, 0.15) is 0 Å². The molecule has 2 amide bonds. The van der Waals surface area contributed by atoms with E-state index in [1.54, 1.807) is 0 Å². The summed E-state index contributed by atoms with van der Waals surface area (Å²) in [7, 11) is 0. The molecule has 1 aromatic rings. The fourth-order valence-corrected chi connectivity index (χ4v) is 2.91. The maximum Gasteiger partial charge on any atom is 0.315 e. The maximum atomic E-state index is 12.4. The number of ether oxygens (including phenoxy) is 1. The molecule has 1 saturated heterocycles. The highest BCUT2D eigenvalue weighted by atomic mass is 16.5. The van der Waals surface area contributed by atoms with Crippen LogP contribution in [0.1, 0.15) is 52.1 Å². The summed E-state index contributed by atoms with van der Waals surface area (Å²) in [5.41, 5.74) is 1.06. The zero-order chi connectivity index (χ0) is 16.2. The quantitative estimate of drug-likeness (QED) is 0.892. The lowest BCUT2D eigenvalue weighted by Gasteiger charge is -2.32. The fraction of sp³-hybridized carbons (Fsp3) is 0.611. The molecule has 1 aliphatic rings. The second-order valence-corrected chi connectivity index (χ2v) is 7.17. The first-order chi connectivity index (χ1) is 10.4. The third kappa shape index (κ3) is 4.47. The van der Waals surface area contributed by atoms with Crippen molar-refractivity contribution < 1.29 is 9.53 Å². The normalized spacial score (nSPS) is 21.2. The van der Waals surface area contributed by atoms with Gasteiger partial charge in [-0.05, 0) is 30.7 Å². The molecule has 22 heavy (non-hydrogen) atoms. The molecule has 0 spiro atoms. The molecule has 3 atom stereocenters. The van der Waals surface area contributed by atoms with Gasteiger partial charge in [0, 0.05) is 6.61 Å². The Balaban J connectivity index is 1.99. The highest BCUT2D eigenvalue weighted by molar-refractivity contribution is 5.75. The summed E-state index contributed by atoms with van der Waals surface area (Å²) in [6.45, 7) is 9.20. The summed E-state index contributed by atoms with van der Waals surface area (Å²) in [6, 6.07) is 9.96. The van der Waals surface area contributed by atoms with Crippen molar-refractivity contribution in [3.63, 3.8) is 0 Å². The van der Waals surface area contributed by atoms with Crippen LogP contribution in [0.4, 0.5) is 4.79 Å². The van der Waals surface area contributed by atoms with Gasteiger partial charge in [0.25, 0.3) is 0 Å². The van der Waals surface area contributed by atoms with Crippen LogP contribution in [0.15, 0.2) is 30.3 Å². The first kappa shape index (κ1) is 16.8. The first-order valence-corrected chi connectivity index (χ1v) is 8.11. The number of hydrogen-bond donors (Lipinski definition) is 2. The van der Waals surface area contributed by atoms with Gasteiger partial charge in [-0.1, -0.05) is 51.1 Å². The first-order valence-electron chi connectivity index (χ1n) is 8.11. The lowest BCUT2D eigenvalue weighted by atomic mass is 9.82. The van der Waals surface area contributed by atoms with Crippen LogP contribution in [0.2, 0.25) is 0 Å². The molecule has 0 bridgehead atoms. The van der Waals surface area contributed by atoms with Gasteiger partial charge in [-0.15, -0.1) is 0 Å². The number of amides is 2. The molecule has 0 radical (unpaired) electrons. The molecule has 1 aromatic carbocycles. The summed E-state index contributed by atoms with van der Waals surface area (Å²) < 4.78 is 5.63. The van der Waals surface area contributed by atoms with Gasteiger partial charge in [-0.3, -0.25) is 0 Å². The minimum atomic E-state index is -0.133. The highest BCUT2D eigenvalue weighted by Gasteiger charge is 2.29. The Hall–Kier alpha value is -1.55. The van der Waals surface area contributed by atoms with Crippen LogP contribution in [0, 0.1) is 5.41 Å². The molecule has 2 N–H and O–H groups in total. The second-order valence-electron chi connectivity index (χ2n) is 7.17. The number of benzene rings is 1. The zero-order valence-corrected chi connectivity index (χ0v) is 14.1. The van der Waals surface area contributed by atoms with Crippen molar-refractivity contribution in [2.24, 2.45) is 5.41 Å². The number of rotatable bonds is 4. The van der Waals surface area contributed by atoms with E-state index in [1.807, 2.05) is 25.1 Å². The van der Waals surface area contributed by atoms with Crippen LogP contribution in [0.5, 0.6) is 0 Å². The molecule has 2 rings (SSSR count). The number of nitrogens with one attached hydrogen (secondary N) is 2. The third-order valence-corrected chi connectivity index (χ3v) is 4.16. The van der Waals surface area contributed by atoms with Gasteiger partial charge >= 0.3 is 6.03 Å². The van der Waals surface area contributed by atoms with Crippen LogP contribution >= 0.6 is 0 Å². The molecule has 4 nitrogen and oxygen atoms in total. The summed E-state index contributed by atoms with van der Waals surface area (Å²) in [4.78, 5) is 12.4. The average molecular weight is 304 g/mol. The smallest absolute Gasteiger partial charge is 0.315 e. The topological polar surface area (TPSA) is 50.4 Å². The Morgan fingerprint density at radius 3 is 2.45 bits per heavy atom. The van der Waals surface area contributed by atoms with Gasteiger partial charge in [0.05, 0.1) is 18.2 Å². The lowest BCUT2D eigenvalue weighted by Crippen LogP contribution is -2.48. The summed E-state index contributed by atoms with van der Waals surface area (Å²) in [5.74, 6) is 0. The SMILES string of the molecule is CC(NC(=O)NC(c1ccccc1)C(C)(C)C)C1CCCO1. The molecule has 1 fully saturated rings. The number of urea groups is 1. The van der Waals surface area contributed by atoms with E-state index in [-0.39, 0.29) is 29.6 Å². The molecular weight excluding hydrogens is 276 g/mol. The van der Waals surface area contributed by atoms with Crippen molar-refractivity contribution in [2.75, 3.05) is 6.61 Å². The molecule has 0 aliphatic carbocycles. The van der Waals surface area contributed by atoms with E-state index in [0.717, 1.165) is 25.0 Å². The molecule has 1 aliphatic heterocycles. The highest BCUT2D eigenvalue weighted by Crippen LogP contribution is 2.32. The lowest BCUT2D eigenvalue weighted by molar-refractivity contribution is 0.0854. The van der Waals surface area contributed by atoms with Crippen LogP contribution in [0.25, 0.3) is 0 Å². The Morgan fingerprint density at radius 2 is 1.91 bits per heavy atom. The number of hydrogen-bond acceptors (Lipinski definition) is 2. The minimum absolute atomic E-state index is 0.0268. The minimum Gasteiger partial charge on any atom is -0.376 e. The van der Waals surface area contributed by atoms with Gasteiger partial charge in [0.15, 0.2) is 0 Å². The van der Waals surface area contributed by atoms with E-state index in [1.165, 1.54) is 0 Å². The van der Waals surface area contributed by atoms with E-state index in [2.05, 4.69) is 43.5 Å². The fourth-order valence-electron chi connectivity index (χ4n) is 2.91. The van der Waals surface area contributed by atoms with Gasteiger partial charge < -0.3 is 15.4 Å². The Labute approximate surface area is 133 Å². The van der Waals surface area contributed by atoms with Crippen LogP contribution in [0.3, 0.4) is 0 Å². The predicted molar refractivity (Wildman–Crippen MR) is 88.7 cm³/mol. The summed E-state index contributed by atoms with van der Waals surface area (Å²) in [5, 5.41) is 6.14. The standard InChI is InChI=1S/C18H28N2O2/c1-13(15-11-8-12-22-15)19-17(21)20-16(18(2,3)4)14-9-6-5-7-10-14/h5-7,9-10,13,15-16H,8,11-12H2,1-4H3,(H2,19,20,21). The van der Waals surface area contributed by atoms with Crippen molar-refractivity contribution in [3.8, 4) is 0 Å². The predicted octanol–water partition coefficient (Wildman–Crippen LogP) is 3.64. The van der Waals surface area contributed by atoms with E-state index in [0.29, 0.717) is 0 Å². The average Bonchev–Trinajstić information content (AvgIpc) is 2.99. The molecule has 4 heteroatoms. The van der Waals surface area contributed by atoms with Gasteiger partial charge in [-0.25, -0.2) is 4.79 Å². The maximum absolute atomic E-state index is 12.4. The molecule has 0 saturated carbocycles. The summed E-state index contributed by atoms with van der Waals surface area (Å²) >= 11 is 0. The summed E-state index contributed by atoms with van der Waals surface area (Å²) in [6.07, 6.45) is 2.23. The van der Waals surface area contributed by atoms with Gasteiger partial charge in [0.2, 0.25) is 0 Å². The molecule has 122 valence electrons. The molecule has 1 heterocycles. The number of carbonyl (C=O) groups is 1. The van der Waals surface area contributed by atoms with Crippen molar-refractivity contribution in [2.45, 2.75) is 58.7 Å². The Kier molecular flexibility index (Phi) is 5.46. The van der Waals surface area contributed by atoms with Crippen molar-refractivity contribution in [1.29, 1.82) is 0 Å². The van der Waals surface area contributed by atoms with Crippen LogP contribution in [-0.2, 0) is 4.74 Å². The van der Waals surface area contributed by atoms with E-state index < -0.39 is 0 Å². The molecular formula is C18H28N2O2. The Morgan fingerprint density at radius 1 is 1.23 bits per heavy atom. The second kappa shape index (κ2) is 7.14. The zero-order valence-electron chi connectivity index (χ0n) is 14.1. The monoisotopic (exact) mass is 304 g/mol. The van der Waals surface area contributed by atoms with Crippen LogP contribution in [-0.4, -0.2) is 24.8 Å². The van der Waals surface area contributed by atoms with Crippen molar-refractivity contribution in [1.82, 2.24) is 10.6 Å². The molecule has 0 aromatic heterocycles. The third-order valence-electron chi connectivity index (χ3n) is 4.16. The van der Waals surface area contributed by atoms with E-state index in [4.69, 9.17) is 4.74 Å². The van der Waals surface area contributed by atoms with Crippen molar-refractivity contribution in [3.05, 3.63) is 35.9 Å². The Bertz CT molecular complexity index is 476. The van der Waals surface area contributed by atoms with Crippen molar-refractivity contribution >= 4 is 6.03 Å². The van der Waals surface area contributed by atoms with Crippen LogP contribution < -0.4 is 10.6 Å². The number of carbonyl (C=O) groups excluding carboxylic acids is 1. The van der Waals surface area contributed by atoms with Gasteiger partial charge in [-0.2, -0.15) is 0 Å². The van der Waals surface area contributed by atoms with E-state index >= 15 is 0 Å². The van der Waals surface area contributed by atoms with E-state index in [9.17, 15) is 4.79 Å².